The fraction of sp³-hybridized carbons (Fsp3) is 0.667. The van der Waals surface area contributed by atoms with Crippen LogP contribution in [0.3, 0.4) is 0 Å². The second kappa shape index (κ2) is 9.65. The maximum Gasteiger partial charge on any atom is 0.304 e. The van der Waals surface area contributed by atoms with Gasteiger partial charge in [-0.25, -0.2) is 0 Å². The Hall–Kier alpha value is -2.58. The molecule has 10 heteroatoms. The van der Waals surface area contributed by atoms with Crippen molar-refractivity contribution in [1.82, 2.24) is 0 Å². The van der Waals surface area contributed by atoms with Gasteiger partial charge in [0.2, 0.25) is 6.29 Å². The van der Waals surface area contributed by atoms with Crippen LogP contribution in [0, 0.1) is 5.92 Å². The van der Waals surface area contributed by atoms with Gasteiger partial charge < -0.3 is 18.9 Å². The highest BCUT2D eigenvalue weighted by Gasteiger charge is 2.48. The maximum atomic E-state index is 11.5. The van der Waals surface area contributed by atoms with Crippen LogP contribution < -0.4 is 0 Å². The molecule has 1 aliphatic rings. The lowest BCUT2D eigenvalue weighted by atomic mass is 9.87. The Balaban J connectivity index is 3.25. The summed E-state index contributed by atoms with van der Waals surface area (Å²) in [6.07, 6.45) is 0.387. The van der Waals surface area contributed by atoms with Gasteiger partial charge in [-0.3, -0.25) is 14.4 Å². The van der Waals surface area contributed by atoms with Crippen LogP contribution in [0.4, 0.5) is 0 Å². The minimum absolute atomic E-state index is 0.150. The molecule has 1 heterocycles. The van der Waals surface area contributed by atoms with Crippen molar-refractivity contribution in [2.24, 2.45) is 11.0 Å². The van der Waals surface area contributed by atoms with E-state index in [0.29, 0.717) is 0 Å². The molecular formula is C15H21N3O7. The largest absolute Gasteiger partial charge is 0.463 e. The molecule has 0 amide bonds. The summed E-state index contributed by atoms with van der Waals surface area (Å²) in [6, 6.07) is -1.09. The van der Waals surface area contributed by atoms with Gasteiger partial charge in [0.25, 0.3) is 0 Å². The van der Waals surface area contributed by atoms with Gasteiger partial charge in [0.05, 0.1) is 0 Å². The van der Waals surface area contributed by atoms with E-state index in [1.54, 1.807) is 19.1 Å². The van der Waals surface area contributed by atoms with Crippen LogP contribution in [0.5, 0.6) is 0 Å². The second-order valence-electron chi connectivity index (χ2n) is 5.33. The minimum atomic E-state index is -1.28. The number of azide groups is 1. The van der Waals surface area contributed by atoms with Crippen LogP contribution >= 0.6 is 0 Å². The van der Waals surface area contributed by atoms with Crippen LogP contribution in [-0.2, 0) is 33.3 Å². The van der Waals surface area contributed by atoms with Gasteiger partial charge in [-0.2, -0.15) is 0 Å². The van der Waals surface area contributed by atoms with Crippen molar-refractivity contribution in [1.29, 1.82) is 0 Å². The van der Waals surface area contributed by atoms with Crippen LogP contribution in [0.15, 0.2) is 17.3 Å². The van der Waals surface area contributed by atoms with E-state index >= 15 is 0 Å². The summed E-state index contributed by atoms with van der Waals surface area (Å²) in [6.45, 7) is 5.20. The Bertz CT molecular complexity index is 586. The molecule has 0 aromatic heterocycles. The molecular weight excluding hydrogens is 334 g/mol. The first kappa shape index (κ1) is 20.5. The first-order valence-corrected chi connectivity index (χ1v) is 7.60. The third-order valence-electron chi connectivity index (χ3n) is 3.37. The fourth-order valence-corrected chi connectivity index (χ4v) is 2.52. The molecule has 0 N–H and O–H groups in total. The summed E-state index contributed by atoms with van der Waals surface area (Å²) in [5.41, 5.74) is 8.81. The zero-order chi connectivity index (χ0) is 19.0. The third kappa shape index (κ3) is 6.09. The quantitative estimate of drug-likeness (QED) is 0.176. The van der Waals surface area contributed by atoms with Crippen LogP contribution in [-0.4, -0.2) is 49.1 Å². The molecule has 0 saturated carbocycles. The predicted octanol–water partition coefficient (Wildman–Crippen LogP) is 1.64. The molecule has 1 unspecified atom stereocenters. The first-order chi connectivity index (χ1) is 11.8. The van der Waals surface area contributed by atoms with Crippen molar-refractivity contribution in [3.63, 3.8) is 0 Å². The lowest BCUT2D eigenvalue weighted by Gasteiger charge is -2.42. The van der Waals surface area contributed by atoms with Crippen molar-refractivity contribution < 1.29 is 33.3 Å². The van der Waals surface area contributed by atoms with Crippen LogP contribution in [0.2, 0.25) is 0 Å². The van der Waals surface area contributed by atoms with Crippen molar-refractivity contribution in [3.8, 4) is 0 Å². The van der Waals surface area contributed by atoms with Gasteiger partial charge in [0.1, 0.15) is 24.9 Å². The van der Waals surface area contributed by atoms with Gasteiger partial charge >= 0.3 is 17.9 Å². The number of hydrogen-bond donors (Lipinski definition) is 0. The Morgan fingerprint density at radius 1 is 1.16 bits per heavy atom. The Morgan fingerprint density at radius 2 is 1.80 bits per heavy atom. The minimum Gasteiger partial charge on any atom is -0.463 e. The summed E-state index contributed by atoms with van der Waals surface area (Å²) < 4.78 is 21.0. The molecule has 0 radical (unpaired) electrons. The number of esters is 3. The molecule has 0 aromatic carbocycles. The molecule has 0 aliphatic carbocycles. The van der Waals surface area contributed by atoms with Crippen LogP contribution in [0.1, 0.15) is 27.7 Å². The summed E-state index contributed by atoms with van der Waals surface area (Å²) in [5, 5.41) is 3.57. The normalized spacial score (nSPS) is 28.7. The third-order valence-corrected chi connectivity index (χ3v) is 3.37. The summed E-state index contributed by atoms with van der Waals surface area (Å²) in [4.78, 5) is 36.6. The lowest BCUT2D eigenvalue weighted by molar-refractivity contribution is -0.244. The zero-order valence-electron chi connectivity index (χ0n) is 14.4. The highest BCUT2D eigenvalue weighted by molar-refractivity contribution is 5.67. The van der Waals surface area contributed by atoms with Gasteiger partial charge in [0, 0.05) is 31.6 Å². The van der Waals surface area contributed by atoms with E-state index in [-0.39, 0.29) is 6.61 Å². The standard InChI is InChI=1S/C15H21N3O7/c1-5-6-11-12(7-22-8(2)19)25-15(24-10(4)21)13(17-18-16)14(11)23-9(3)20/h5-6,11-15H,7H2,1-4H3/t11-,12-,13-,14+,15?/m1/s1. The van der Waals surface area contributed by atoms with Crippen molar-refractivity contribution in [3.05, 3.63) is 22.6 Å². The van der Waals surface area contributed by atoms with Crippen molar-refractivity contribution in [2.45, 2.75) is 52.2 Å². The van der Waals surface area contributed by atoms with Gasteiger partial charge in [-0.1, -0.05) is 17.3 Å². The van der Waals surface area contributed by atoms with E-state index in [1.807, 2.05) is 0 Å². The molecule has 0 bridgehead atoms. The number of rotatable bonds is 6. The smallest absolute Gasteiger partial charge is 0.304 e. The number of carbonyl (C=O) groups is 3. The Kier molecular flexibility index (Phi) is 7.90. The van der Waals surface area contributed by atoms with Crippen molar-refractivity contribution in [2.75, 3.05) is 6.61 Å². The number of hydrogen-bond acceptors (Lipinski definition) is 8. The zero-order valence-corrected chi connectivity index (χ0v) is 14.4. The average molecular weight is 355 g/mol. The maximum absolute atomic E-state index is 11.5. The molecule has 1 saturated heterocycles. The van der Waals surface area contributed by atoms with Gasteiger partial charge in [0.15, 0.2) is 0 Å². The predicted molar refractivity (Wildman–Crippen MR) is 83.9 cm³/mol. The molecule has 1 rings (SSSR count). The Labute approximate surface area is 144 Å². The molecule has 138 valence electrons. The molecule has 1 fully saturated rings. The number of nitrogens with zero attached hydrogens (tertiary/aromatic N) is 3. The van der Waals surface area contributed by atoms with E-state index < -0.39 is 48.4 Å². The lowest BCUT2D eigenvalue weighted by Crippen LogP contribution is -2.56. The van der Waals surface area contributed by atoms with E-state index in [0.717, 1.165) is 6.92 Å². The van der Waals surface area contributed by atoms with E-state index in [2.05, 4.69) is 10.0 Å². The highest BCUT2D eigenvalue weighted by Crippen LogP contribution is 2.33. The number of allylic oxidation sites excluding steroid dienone is 1. The highest BCUT2D eigenvalue weighted by atomic mass is 16.7. The SMILES string of the molecule is CC=C[C@H]1[C@H](OC(C)=O)[C@@H](N=[N+]=[N-])C(OC(C)=O)O[C@@H]1COC(C)=O. The molecule has 5 atom stereocenters. The molecule has 0 aromatic rings. The number of ether oxygens (including phenoxy) is 4. The molecule has 10 nitrogen and oxygen atoms in total. The van der Waals surface area contributed by atoms with E-state index in [1.165, 1.54) is 13.8 Å². The monoisotopic (exact) mass is 355 g/mol. The molecule has 1 aliphatic heterocycles. The topological polar surface area (TPSA) is 137 Å². The van der Waals surface area contributed by atoms with Crippen molar-refractivity contribution >= 4 is 17.9 Å². The van der Waals surface area contributed by atoms with E-state index in [4.69, 9.17) is 24.5 Å². The summed E-state index contributed by atoms with van der Waals surface area (Å²) in [7, 11) is 0. The number of carbonyl (C=O) groups excluding carboxylic acids is 3. The van der Waals surface area contributed by atoms with Crippen LogP contribution in [0.25, 0.3) is 10.4 Å². The summed E-state index contributed by atoms with van der Waals surface area (Å²) >= 11 is 0. The van der Waals surface area contributed by atoms with Gasteiger partial charge in [-0.05, 0) is 12.5 Å². The molecule has 25 heavy (non-hydrogen) atoms. The second-order valence-corrected chi connectivity index (χ2v) is 5.33. The molecule has 0 spiro atoms. The van der Waals surface area contributed by atoms with E-state index in [9.17, 15) is 14.4 Å². The first-order valence-electron chi connectivity index (χ1n) is 7.60. The average Bonchev–Trinajstić information content (AvgIpc) is 2.50. The fourth-order valence-electron chi connectivity index (χ4n) is 2.52. The van der Waals surface area contributed by atoms with Gasteiger partial charge in [-0.15, -0.1) is 0 Å². The summed E-state index contributed by atoms with van der Waals surface area (Å²) in [5.74, 6) is -2.36. The Morgan fingerprint density at radius 3 is 2.28 bits per heavy atom.